The van der Waals surface area contributed by atoms with Gasteiger partial charge in [-0.1, -0.05) is 64.7 Å². The number of unbranched alkanes of at least 4 members (excludes halogenated alkanes) is 9. The number of hydrogen-bond acceptors (Lipinski definition) is 2. The molecule has 3 nitrogen and oxygen atoms in total. The van der Waals surface area contributed by atoms with Crippen LogP contribution in [0.5, 0.6) is 0 Å². The molecule has 0 radical (unpaired) electrons. The molecule has 0 saturated carbocycles. The molecule has 0 aliphatic carbocycles. The summed E-state index contributed by atoms with van der Waals surface area (Å²) in [6.45, 7) is 3.68. The largest absolute Gasteiger partial charge is 0.358 e. The minimum absolute atomic E-state index is 0.0714. The summed E-state index contributed by atoms with van der Waals surface area (Å²) in [7, 11) is 1.67. The molecule has 0 aliphatic rings. The fourth-order valence-electron chi connectivity index (χ4n) is 2.03. The molecule has 0 aliphatic heterocycles. The Morgan fingerprint density at radius 3 is 1.83 bits per heavy atom. The Labute approximate surface area is 113 Å². The van der Waals surface area contributed by atoms with Gasteiger partial charge in [0.15, 0.2) is 0 Å². The van der Waals surface area contributed by atoms with Gasteiger partial charge in [0.1, 0.15) is 0 Å². The fourth-order valence-corrected chi connectivity index (χ4v) is 2.03. The third-order valence-electron chi connectivity index (χ3n) is 3.27. The Hall–Kier alpha value is -0.570. The lowest BCUT2D eigenvalue weighted by molar-refractivity contribution is -0.119. The first-order chi connectivity index (χ1) is 8.81. The molecule has 0 aromatic rings. The highest BCUT2D eigenvalue weighted by Gasteiger charge is 1.96. The maximum atomic E-state index is 10.9. The monoisotopic (exact) mass is 256 g/mol. The van der Waals surface area contributed by atoms with E-state index >= 15 is 0 Å². The molecule has 18 heavy (non-hydrogen) atoms. The van der Waals surface area contributed by atoms with Crippen LogP contribution in [0.25, 0.3) is 0 Å². The van der Waals surface area contributed by atoms with Gasteiger partial charge in [-0.3, -0.25) is 4.79 Å². The maximum absolute atomic E-state index is 10.9. The molecule has 0 spiro atoms. The van der Waals surface area contributed by atoms with Crippen LogP contribution in [0.15, 0.2) is 0 Å². The minimum atomic E-state index is 0.0714. The lowest BCUT2D eigenvalue weighted by Gasteiger charge is -2.04. The van der Waals surface area contributed by atoms with E-state index < -0.39 is 0 Å². The predicted molar refractivity (Wildman–Crippen MR) is 78.8 cm³/mol. The Morgan fingerprint density at radius 1 is 0.833 bits per heavy atom. The Balaban J connectivity index is 2.97. The topological polar surface area (TPSA) is 41.1 Å². The second-order valence-corrected chi connectivity index (χ2v) is 5.03. The summed E-state index contributed by atoms with van der Waals surface area (Å²) in [5.74, 6) is 0.0714. The fraction of sp³-hybridized carbons (Fsp3) is 0.933. The first-order valence-corrected chi connectivity index (χ1v) is 7.72. The number of carbonyl (C=O) groups excluding carboxylic acids is 1. The van der Waals surface area contributed by atoms with Gasteiger partial charge < -0.3 is 10.6 Å². The van der Waals surface area contributed by atoms with E-state index in [2.05, 4.69) is 17.6 Å². The van der Waals surface area contributed by atoms with E-state index in [0.29, 0.717) is 6.54 Å². The van der Waals surface area contributed by atoms with Gasteiger partial charge in [-0.2, -0.15) is 0 Å². The van der Waals surface area contributed by atoms with Crippen molar-refractivity contribution in [1.29, 1.82) is 0 Å². The number of carbonyl (C=O) groups is 1. The average Bonchev–Trinajstić information content (AvgIpc) is 2.39. The molecular formula is C15H32N2O. The van der Waals surface area contributed by atoms with E-state index in [9.17, 15) is 4.79 Å². The van der Waals surface area contributed by atoms with Crippen molar-refractivity contribution in [3.63, 3.8) is 0 Å². The Kier molecular flexibility index (Phi) is 14.0. The SMILES string of the molecule is CCCCCCCCCCCCNCC(=O)NC. The maximum Gasteiger partial charge on any atom is 0.233 e. The van der Waals surface area contributed by atoms with E-state index in [-0.39, 0.29) is 5.91 Å². The molecule has 1 amide bonds. The third-order valence-corrected chi connectivity index (χ3v) is 3.27. The highest BCUT2D eigenvalue weighted by Crippen LogP contribution is 2.10. The summed E-state index contributed by atoms with van der Waals surface area (Å²) in [6, 6.07) is 0. The molecule has 0 bridgehead atoms. The van der Waals surface area contributed by atoms with Crippen molar-refractivity contribution in [2.24, 2.45) is 0 Å². The second kappa shape index (κ2) is 14.5. The summed E-state index contributed by atoms with van der Waals surface area (Å²) in [4.78, 5) is 10.9. The standard InChI is InChI=1S/C15H32N2O/c1-3-4-5-6-7-8-9-10-11-12-13-17-14-15(18)16-2/h17H,3-14H2,1-2H3,(H,16,18). The van der Waals surface area contributed by atoms with Crippen LogP contribution in [-0.4, -0.2) is 26.0 Å². The molecule has 0 atom stereocenters. The van der Waals surface area contributed by atoms with Crippen LogP contribution in [0.1, 0.15) is 71.1 Å². The van der Waals surface area contributed by atoms with Crippen LogP contribution in [0, 0.1) is 0 Å². The Bertz CT molecular complexity index is 183. The first kappa shape index (κ1) is 17.4. The molecule has 0 saturated heterocycles. The molecule has 0 rings (SSSR count). The van der Waals surface area contributed by atoms with Crippen LogP contribution in [0.3, 0.4) is 0 Å². The van der Waals surface area contributed by atoms with Gasteiger partial charge in [0.05, 0.1) is 6.54 Å². The zero-order valence-electron chi connectivity index (χ0n) is 12.4. The molecule has 0 aromatic heterocycles. The van der Waals surface area contributed by atoms with E-state index in [1.54, 1.807) is 7.05 Å². The van der Waals surface area contributed by atoms with E-state index in [4.69, 9.17) is 0 Å². The van der Waals surface area contributed by atoms with E-state index in [0.717, 1.165) is 6.54 Å². The third kappa shape index (κ3) is 13.5. The van der Waals surface area contributed by atoms with Crippen molar-refractivity contribution in [3.05, 3.63) is 0 Å². The molecule has 0 fully saturated rings. The van der Waals surface area contributed by atoms with E-state index in [1.807, 2.05) is 0 Å². The van der Waals surface area contributed by atoms with Gasteiger partial charge in [0, 0.05) is 7.05 Å². The van der Waals surface area contributed by atoms with Crippen LogP contribution in [0.4, 0.5) is 0 Å². The van der Waals surface area contributed by atoms with Crippen molar-refractivity contribution < 1.29 is 4.79 Å². The van der Waals surface area contributed by atoms with Crippen LogP contribution >= 0.6 is 0 Å². The smallest absolute Gasteiger partial charge is 0.233 e. The lowest BCUT2D eigenvalue weighted by Crippen LogP contribution is -2.31. The van der Waals surface area contributed by atoms with Gasteiger partial charge in [0.25, 0.3) is 0 Å². The predicted octanol–water partition coefficient (Wildman–Crippen LogP) is 3.24. The van der Waals surface area contributed by atoms with Gasteiger partial charge in [-0.05, 0) is 13.0 Å². The van der Waals surface area contributed by atoms with Crippen LogP contribution < -0.4 is 10.6 Å². The molecule has 3 heteroatoms. The lowest BCUT2D eigenvalue weighted by atomic mass is 10.1. The molecule has 2 N–H and O–H groups in total. The average molecular weight is 256 g/mol. The van der Waals surface area contributed by atoms with Crippen LogP contribution in [-0.2, 0) is 4.79 Å². The van der Waals surface area contributed by atoms with Gasteiger partial charge in [0.2, 0.25) is 5.91 Å². The van der Waals surface area contributed by atoms with Crippen molar-refractivity contribution in [2.45, 2.75) is 71.1 Å². The summed E-state index contributed by atoms with van der Waals surface area (Å²) in [5, 5.41) is 5.75. The zero-order chi connectivity index (χ0) is 13.5. The quantitative estimate of drug-likeness (QED) is 0.497. The van der Waals surface area contributed by atoms with E-state index in [1.165, 1.54) is 64.2 Å². The first-order valence-electron chi connectivity index (χ1n) is 7.72. The zero-order valence-corrected chi connectivity index (χ0v) is 12.4. The van der Waals surface area contributed by atoms with Crippen molar-refractivity contribution in [3.8, 4) is 0 Å². The number of amides is 1. The normalized spacial score (nSPS) is 10.6. The highest BCUT2D eigenvalue weighted by atomic mass is 16.1. The number of likely N-dealkylation sites (N-methyl/N-ethyl adjacent to an activating group) is 1. The molecule has 0 aromatic carbocycles. The molecule has 0 unspecified atom stereocenters. The van der Waals surface area contributed by atoms with Gasteiger partial charge >= 0.3 is 0 Å². The van der Waals surface area contributed by atoms with Crippen LogP contribution in [0.2, 0.25) is 0 Å². The second-order valence-electron chi connectivity index (χ2n) is 5.03. The molecule has 108 valence electrons. The summed E-state index contributed by atoms with van der Waals surface area (Å²) in [6.07, 6.45) is 13.6. The van der Waals surface area contributed by atoms with Crippen molar-refractivity contribution in [1.82, 2.24) is 10.6 Å². The number of hydrogen-bond donors (Lipinski definition) is 2. The molecular weight excluding hydrogens is 224 g/mol. The summed E-state index contributed by atoms with van der Waals surface area (Å²) >= 11 is 0. The molecule has 0 heterocycles. The summed E-state index contributed by atoms with van der Waals surface area (Å²) < 4.78 is 0. The van der Waals surface area contributed by atoms with Gasteiger partial charge in [-0.15, -0.1) is 0 Å². The highest BCUT2D eigenvalue weighted by molar-refractivity contribution is 5.77. The minimum Gasteiger partial charge on any atom is -0.358 e. The van der Waals surface area contributed by atoms with Gasteiger partial charge in [-0.25, -0.2) is 0 Å². The Morgan fingerprint density at radius 2 is 1.33 bits per heavy atom. The summed E-state index contributed by atoms with van der Waals surface area (Å²) in [5.41, 5.74) is 0. The van der Waals surface area contributed by atoms with Crippen molar-refractivity contribution in [2.75, 3.05) is 20.1 Å². The number of rotatable bonds is 13. The van der Waals surface area contributed by atoms with Crippen molar-refractivity contribution >= 4 is 5.91 Å². The number of nitrogens with one attached hydrogen (secondary N) is 2.